The van der Waals surface area contributed by atoms with Gasteiger partial charge < -0.3 is 19.4 Å². The summed E-state index contributed by atoms with van der Waals surface area (Å²) in [4.78, 5) is 25.2. The van der Waals surface area contributed by atoms with Crippen molar-refractivity contribution in [2.45, 2.75) is 11.3 Å². The van der Waals surface area contributed by atoms with Crippen LogP contribution in [-0.4, -0.2) is 29.6 Å². The van der Waals surface area contributed by atoms with Crippen LogP contribution >= 0.6 is 11.8 Å². The fraction of sp³-hybridized carbons (Fsp3) is 0.238. The van der Waals surface area contributed by atoms with Gasteiger partial charge in [-0.3, -0.25) is 9.59 Å². The molecular weight excluding hydrogens is 376 g/mol. The molecule has 1 aliphatic rings. The van der Waals surface area contributed by atoms with Crippen molar-refractivity contribution in [3.05, 3.63) is 64.4 Å². The van der Waals surface area contributed by atoms with E-state index in [2.05, 4.69) is 5.32 Å². The van der Waals surface area contributed by atoms with E-state index in [0.717, 1.165) is 32.9 Å². The van der Waals surface area contributed by atoms with Gasteiger partial charge in [-0.1, -0.05) is 24.3 Å². The molecule has 0 unspecified atom stereocenters. The quantitative estimate of drug-likeness (QED) is 0.649. The zero-order valence-corrected chi connectivity index (χ0v) is 16.3. The maximum absolute atomic E-state index is 12.2. The fourth-order valence-electron chi connectivity index (χ4n) is 3.14. The van der Waals surface area contributed by atoms with E-state index in [0.29, 0.717) is 13.0 Å². The first-order valence-electron chi connectivity index (χ1n) is 8.98. The average molecular weight is 396 g/mol. The lowest BCUT2D eigenvalue weighted by Crippen LogP contribution is -2.27. The molecule has 0 saturated heterocycles. The molecule has 144 valence electrons. The highest BCUT2D eigenvalue weighted by molar-refractivity contribution is 8.00. The minimum atomic E-state index is -0.0792. The zero-order valence-electron chi connectivity index (χ0n) is 15.4. The number of fused-ring (bicyclic) bond motifs is 2. The van der Waals surface area contributed by atoms with Gasteiger partial charge in [-0.25, -0.2) is 0 Å². The van der Waals surface area contributed by atoms with Crippen molar-refractivity contribution in [2.24, 2.45) is 7.05 Å². The maximum Gasteiger partial charge on any atom is 0.251 e. The van der Waals surface area contributed by atoms with Crippen LogP contribution in [0.3, 0.4) is 0 Å². The highest BCUT2D eigenvalue weighted by atomic mass is 32.2. The van der Waals surface area contributed by atoms with Crippen LogP contribution in [0.15, 0.2) is 58.2 Å². The molecule has 28 heavy (non-hydrogen) atoms. The number of carbonyl (C=O) groups excluding carboxylic acids is 1. The van der Waals surface area contributed by atoms with Gasteiger partial charge in [0.05, 0.1) is 11.3 Å². The summed E-state index contributed by atoms with van der Waals surface area (Å²) in [5.41, 5.74) is 1.86. The van der Waals surface area contributed by atoms with Crippen molar-refractivity contribution in [2.75, 3.05) is 19.1 Å². The van der Waals surface area contributed by atoms with Crippen LogP contribution in [0.1, 0.15) is 5.56 Å². The normalized spacial score (nSPS) is 12.3. The molecule has 1 amide bonds. The number of pyridine rings is 1. The molecule has 0 saturated carbocycles. The van der Waals surface area contributed by atoms with Gasteiger partial charge in [-0.2, -0.15) is 0 Å². The van der Waals surface area contributed by atoms with Crippen molar-refractivity contribution >= 4 is 28.6 Å². The minimum absolute atomic E-state index is 0.0597. The molecule has 0 aliphatic carbocycles. The Morgan fingerprint density at radius 1 is 1.14 bits per heavy atom. The summed E-state index contributed by atoms with van der Waals surface area (Å²) < 4.78 is 12.3. The summed E-state index contributed by atoms with van der Waals surface area (Å²) in [7, 11) is 1.75. The van der Waals surface area contributed by atoms with E-state index < -0.39 is 0 Å². The molecule has 0 fully saturated rings. The largest absolute Gasteiger partial charge is 0.454 e. The number of benzene rings is 2. The van der Waals surface area contributed by atoms with Gasteiger partial charge in [-0.15, -0.1) is 11.8 Å². The van der Waals surface area contributed by atoms with Gasteiger partial charge in [0.25, 0.3) is 5.56 Å². The lowest BCUT2D eigenvalue weighted by molar-refractivity contribution is -0.118. The second-order valence-corrected chi connectivity index (χ2v) is 7.52. The minimum Gasteiger partial charge on any atom is -0.454 e. The Hall–Kier alpha value is -2.93. The van der Waals surface area contributed by atoms with Crippen molar-refractivity contribution in [1.29, 1.82) is 0 Å². The van der Waals surface area contributed by atoms with Gasteiger partial charge >= 0.3 is 0 Å². The smallest absolute Gasteiger partial charge is 0.251 e. The number of nitrogens with zero attached hydrogens (tertiary/aromatic N) is 1. The number of nitrogens with one attached hydrogen (secondary N) is 1. The molecule has 0 radical (unpaired) electrons. The highest BCUT2D eigenvalue weighted by Gasteiger charge is 2.13. The molecule has 2 aromatic carbocycles. The Morgan fingerprint density at radius 3 is 2.86 bits per heavy atom. The summed E-state index contributed by atoms with van der Waals surface area (Å²) in [6.45, 7) is 0.792. The molecule has 1 N–H and O–H groups in total. The number of amides is 1. The van der Waals surface area contributed by atoms with Gasteiger partial charge in [0.2, 0.25) is 12.7 Å². The van der Waals surface area contributed by atoms with Crippen LogP contribution < -0.4 is 20.3 Å². The van der Waals surface area contributed by atoms with E-state index in [-0.39, 0.29) is 24.0 Å². The Bertz CT molecular complexity index is 1090. The van der Waals surface area contributed by atoms with Crippen LogP contribution in [0.25, 0.3) is 10.9 Å². The average Bonchev–Trinajstić information content (AvgIpc) is 3.17. The monoisotopic (exact) mass is 396 g/mol. The molecule has 0 bridgehead atoms. The van der Waals surface area contributed by atoms with E-state index in [1.165, 1.54) is 11.8 Å². The number of ether oxygens (including phenoxy) is 2. The number of aromatic nitrogens is 1. The first kappa shape index (κ1) is 18.4. The number of hydrogen-bond acceptors (Lipinski definition) is 5. The summed E-state index contributed by atoms with van der Waals surface area (Å²) in [6.07, 6.45) is 0.710. The summed E-state index contributed by atoms with van der Waals surface area (Å²) in [5.74, 6) is 1.70. The Labute approximate surface area is 166 Å². The lowest BCUT2D eigenvalue weighted by atomic mass is 10.1. The Kier molecular flexibility index (Phi) is 5.25. The highest BCUT2D eigenvalue weighted by Crippen LogP contribution is 2.32. The van der Waals surface area contributed by atoms with E-state index in [1.54, 1.807) is 17.7 Å². The lowest BCUT2D eigenvalue weighted by Gasteiger charge is -2.10. The van der Waals surface area contributed by atoms with Crippen LogP contribution in [0, 0.1) is 0 Å². The molecule has 3 aromatic rings. The predicted octanol–water partition coefficient (Wildman–Crippen LogP) is 2.72. The molecule has 0 spiro atoms. The van der Waals surface area contributed by atoms with Crippen molar-refractivity contribution in [1.82, 2.24) is 9.88 Å². The van der Waals surface area contributed by atoms with Crippen LogP contribution in [-0.2, 0) is 18.3 Å². The molecule has 7 heteroatoms. The second-order valence-electron chi connectivity index (χ2n) is 6.50. The van der Waals surface area contributed by atoms with Gasteiger partial charge in [0.15, 0.2) is 11.5 Å². The third-order valence-corrected chi connectivity index (χ3v) is 5.70. The standard InChI is InChI=1S/C21H20N2O4S/c1-23-16-5-3-2-4-15(16)19(11-21(23)25)28-12-20(24)22-9-8-14-6-7-17-18(10-14)27-13-26-17/h2-7,10-11H,8-9,12-13H2,1H3,(H,22,24). The molecule has 1 aromatic heterocycles. The number of carbonyl (C=O) groups is 1. The van der Waals surface area contributed by atoms with Gasteiger partial charge in [0.1, 0.15) is 0 Å². The fourth-order valence-corrected chi connectivity index (χ4v) is 4.04. The molecule has 2 heterocycles. The molecule has 6 nitrogen and oxygen atoms in total. The number of thioether (sulfide) groups is 1. The van der Waals surface area contributed by atoms with E-state index >= 15 is 0 Å². The second kappa shape index (κ2) is 7.98. The third-order valence-electron chi connectivity index (χ3n) is 4.65. The summed E-state index contributed by atoms with van der Waals surface area (Å²) in [6, 6.07) is 15.1. The number of aryl methyl sites for hydroxylation is 1. The Balaban J connectivity index is 1.33. The van der Waals surface area contributed by atoms with Crippen LogP contribution in [0.2, 0.25) is 0 Å². The SMILES string of the molecule is Cn1c(=O)cc(SCC(=O)NCCc2ccc3c(c2)OCO3)c2ccccc21. The topological polar surface area (TPSA) is 69.6 Å². The first-order valence-corrected chi connectivity index (χ1v) is 9.97. The zero-order chi connectivity index (χ0) is 19.5. The number of rotatable bonds is 6. The molecule has 1 aliphatic heterocycles. The van der Waals surface area contributed by atoms with Gasteiger partial charge in [0, 0.05) is 29.9 Å². The third kappa shape index (κ3) is 3.84. The molecular formula is C21H20N2O4S. The predicted molar refractivity (Wildman–Crippen MR) is 109 cm³/mol. The molecule has 0 atom stereocenters. The Morgan fingerprint density at radius 2 is 1.96 bits per heavy atom. The maximum atomic E-state index is 12.2. The number of hydrogen-bond donors (Lipinski definition) is 1. The molecule has 4 rings (SSSR count). The van der Waals surface area contributed by atoms with E-state index in [4.69, 9.17) is 9.47 Å². The van der Waals surface area contributed by atoms with Crippen LogP contribution in [0.5, 0.6) is 11.5 Å². The van der Waals surface area contributed by atoms with Crippen molar-refractivity contribution < 1.29 is 14.3 Å². The summed E-state index contributed by atoms with van der Waals surface area (Å²) in [5, 5.41) is 3.90. The van der Waals surface area contributed by atoms with Crippen LogP contribution in [0.4, 0.5) is 0 Å². The van der Waals surface area contributed by atoms with Crippen molar-refractivity contribution in [3.63, 3.8) is 0 Å². The first-order chi connectivity index (χ1) is 13.6. The summed E-state index contributed by atoms with van der Waals surface area (Å²) >= 11 is 1.38. The van der Waals surface area contributed by atoms with E-state index in [9.17, 15) is 9.59 Å². The van der Waals surface area contributed by atoms with Crippen molar-refractivity contribution in [3.8, 4) is 11.5 Å². The van der Waals surface area contributed by atoms with E-state index in [1.807, 2.05) is 42.5 Å². The number of para-hydroxylation sites is 1. The van der Waals surface area contributed by atoms with Gasteiger partial charge in [-0.05, 0) is 30.2 Å².